The minimum absolute atomic E-state index is 0.132. The van der Waals surface area contributed by atoms with Crippen LogP contribution >= 0.6 is 0 Å². The second-order valence-corrected chi connectivity index (χ2v) is 5.95. The highest BCUT2D eigenvalue weighted by molar-refractivity contribution is 5.37. The molecule has 0 atom stereocenters. The summed E-state index contributed by atoms with van der Waals surface area (Å²) in [6.07, 6.45) is 3.05. The van der Waals surface area contributed by atoms with Crippen molar-refractivity contribution >= 4 is 0 Å². The molecular formula is C18H26N2O. The lowest BCUT2D eigenvalue weighted by molar-refractivity contribution is 0.140. The van der Waals surface area contributed by atoms with Gasteiger partial charge in [-0.1, -0.05) is 24.0 Å². The van der Waals surface area contributed by atoms with E-state index in [1.54, 1.807) is 0 Å². The number of rotatable bonds is 4. The number of hydrogen-bond acceptors (Lipinski definition) is 3. The van der Waals surface area contributed by atoms with Crippen molar-refractivity contribution in [2.45, 2.75) is 31.8 Å². The third kappa shape index (κ3) is 5.17. The maximum Gasteiger partial charge on any atom is 0.0540 e. The van der Waals surface area contributed by atoms with E-state index in [0.29, 0.717) is 6.42 Å². The quantitative estimate of drug-likeness (QED) is 0.857. The SMILES string of the molecule is CN(C)C1CCN(Cc2cccc(C#CCCO)c2)CC1. The highest BCUT2D eigenvalue weighted by Gasteiger charge is 2.20. The average molecular weight is 286 g/mol. The fourth-order valence-electron chi connectivity index (χ4n) is 2.82. The highest BCUT2D eigenvalue weighted by Crippen LogP contribution is 2.17. The first-order valence-corrected chi connectivity index (χ1v) is 7.76. The summed E-state index contributed by atoms with van der Waals surface area (Å²) in [6.45, 7) is 3.48. The zero-order valence-electron chi connectivity index (χ0n) is 13.2. The fraction of sp³-hybridized carbons (Fsp3) is 0.556. The number of nitrogens with zero attached hydrogens (tertiary/aromatic N) is 2. The summed E-state index contributed by atoms with van der Waals surface area (Å²) in [5.41, 5.74) is 2.37. The van der Waals surface area contributed by atoms with Crippen LogP contribution in [0.4, 0.5) is 0 Å². The Hall–Kier alpha value is -1.34. The van der Waals surface area contributed by atoms with Gasteiger partial charge in [0.2, 0.25) is 0 Å². The number of likely N-dealkylation sites (tertiary alicyclic amines) is 1. The van der Waals surface area contributed by atoms with Gasteiger partial charge in [0.1, 0.15) is 0 Å². The van der Waals surface area contributed by atoms with Crippen molar-refractivity contribution in [3.63, 3.8) is 0 Å². The minimum atomic E-state index is 0.132. The Bertz CT molecular complexity index is 493. The third-order valence-corrected chi connectivity index (χ3v) is 4.09. The molecular weight excluding hydrogens is 260 g/mol. The molecule has 0 aromatic heterocycles. The fourth-order valence-corrected chi connectivity index (χ4v) is 2.82. The van der Waals surface area contributed by atoms with E-state index in [1.165, 1.54) is 31.5 Å². The summed E-state index contributed by atoms with van der Waals surface area (Å²) in [7, 11) is 4.35. The lowest BCUT2D eigenvalue weighted by atomic mass is 10.0. The molecule has 21 heavy (non-hydrogen) atoms. The molecule has 1 heterocycles. The molecule has 0 unspecified atom stereocenters. The molecule has 1 aromatic carbocycles. The van der Waals surface area contributed by atoms with E-state index in [9.17, 15) is 0 Å². The summed E-state index contributed by atoms with van der Waals surface area (Å²) in [5.74, 6) is 6.09. The zero-order chi connectivity index (χ0) is 15.1. The van der Waals surface area contributed by atoms with Gasteiger partial charge in [-0.05, 0) is 57.7 Å². The van der Waals surface area contributed by atoms with E-state index >= 15 is 0 Å². The van der Waals surface area contributed by atoms with Gasteiger partial charge in [0.25, 0.3) is 0 Å². The van der Waals surface area contributed by atoms with Gasteiger partial charge < -0.3 is 10.0 Å². The highest BCUT2D eigenvalue weighted by atomic mass is 16.2. The Balaban J connectivity index is 1.89. The van der Waals surface area contributed by atoms with Gasteiger partial charge in [0, 0.05) is 24.6 Å². The summed E-state index contributed by atoms with van der Waals surface area (Å²) in [4.78, 5) is 4.87. The Morgan fingerprint density at radius 2 is 2.05 bits per heavy atom. The van der Waals surface area contributed by atoms with Crippen LogP contribution in [0.3, 0.4) is 0 Å². The second-order valence-electron chi connectivity index (χ2n) is 5.95. The van der Waals surface area contributed by atoms with Gasteiger partial charge >= 0.3 is 0 Å². The number of hydrogen-bond donors (Lipinski definition) is 1. The third-order valence-electron chi connectivity index (χ3n) is 4.09. The summed E-state index contributed by atoms with van der Waals surface area (Å²) >= 11 is 0. The first-order chi connectivity index (χ1) is 10.2. The zero-order valence-corrected chi connectivity index (χ0v) is 13.2. The molecule has 2 rings (SSSR count). The van der Waals surface area contributed by atoms with Crippen LogP contribution in [0.15, 0.2) is 24.3 Å². The summed E-state index contributed by atoms with van der Waals surface area (Å²) < 4.78 is 0. The van der Waals surface area contributed by atoms with E-state index in [2.05, 4.69) is 53.9 Å². The van der Waals surface area contributed by atoms with E-state index in [-0.39, 0.29) is 6.61 Å². The topological polar surface area (TPSA) is 26.7 Å². The lowest BCUT2D eigenvalue weighted by Gasteiger charge is -2.35. The maximum atomic E-state index is 8.76. The van der Waals surface area contributed by atoms with Gasteiger partial charge in [-0.15, -0.1) is 0 Å². The van der Waals surface area contributed by atoms with Gasteiger partial charge in [-0.2, -0.15) is 0 Å². The summed E-state index contributed by atoms with van der Waals surface area (Å²) in [6, 6.07) is 9.19. The Morgan fingerprint density at radius 3 is 2.71 bits per heavy atom. The van der Waals surface area contributed by atoms with E-state index in [0.717, 1.165) is 18.2 Å². The van der Waals surface area contributed by atoms with Crippen molar-refractivity contribution in [1.29, 1.82) is 0 Å². The lowest BCUT2D eigenvalue weighted by Crippen LogP contribution is -2.41. The monoisotopic (exact) mass is 286 g/mol. The first-order valence-electron chi connectivity index (χ1n) is 7.76. The summed E-state index contributed by atoms with van der Waals surface area (Å²) in [5, 5.41) is 8.76. The predicted molar refractivity (Wildman–Crippen MR) is 87.0 cm³/mol. The molecule has 1 aromatic rings. The standard InChI is InChI=1S/C18H26N2O/c1-19(2)18-9-11-20(12-10-18)15-17-8-5-7-16(14-17)6-3-4-13-21/h5,7-8,14,18,21H,4,9-13,15H2,1-2H3. The van der Waals surface area contributed by atoms with Crippen molar-refractivity contribution < 1.29 is 5.11 Å². The van der Waals surface area contributed by atoms with Crippen LogP contribution in [0.1, 0.15) is 30.4 Å². The van der Waals surface area contributed by atoms with E-state index in [1.807, 2.05) is 6.07 Å². The molecule has 114 valence electrons. The smallest absolute Gasteiger partial charge is 0.0540 e. The first kappa shape index (κ1) is 16.0. The second kappa shape index (κ2) is 8.19. The van der Waals surface area contributed by atoms with Crippen molar-refractivity contribution in [1.82, 2.24) is 9.80 Å². The number of aliphatic hydroxyl groups excluding tert-OH is 1. The van der Waals surface area contributed by atoms with Crippen LogP contribution in [0, 0.1) is 11.8 Å². The normalized spacial score (nSPS) is 16.8. The molecule has 0 amide bonds. The molecule has 3 heteroatoms. The van der Waals surface area contributed by atoms with Crippen LogP contribution in [0.2, 0.25) is 0 Å². The van der Waals surface area contributed by atoms with Crippen molar-refractivity contribution in [2.24, 2.45) is 0 Å². The predicted octanol–water partition coefficient (Wildman–Crippen LogP) is 1.95. The molecule has 1 saturated heterocycles. The number of benzene rings is 1. The molecule has 0 spiro atoms. The van der Waals surface area contributed by atoms with Crippen molar-refractivity contribution in [3.8, 4) is 11.8 Å². The Kier molecular flexibility index (Phi) is 6.25. The van der Waals surface area contributed by atoms with Gasteiger partial charge in [0.15, 0.2) is 0 Å². The van der Waals surface area contributed by atoms with Crippen molar-refractivity contribution in [2.75, 3.05) is 33.8 Å². The van der Waals surface area contributed by atoms with Gasteiger partial charge in [-0.25, -0.2) is 0 Å². The minimum Gasteiger partial charge on any atom is -0.395 e. The van der Waals surface area contributed by atoms with Crippen LogP contribution < -0.4 is 0 Å². The molecule has 0 radical (unpaired) electrons. The molecule has 1 aliphatic rings. The number of aliphatic hydroxyl groups is 1. The van der Waals surface area contributed by atoms with Crippen LogP contribution in [-0.2, 0) is 6.54 Å². The van der Waals surface area contributed by atoms with Crippen LogP contribution in [0.25, 0.3) is 0 Å². The molecule has 1 aliphatic heterocycles. The van der Waals surface area contributed by atoms with Crippen molar-refractivity contribution in [3.05, 3.63) is 35.4 Å². The van der Waals surface area contributed by atoms with Crippen LogP contribution in [-0.4, -0.2) is 54.7 Å². The Morgan fingerprint density at radius 1 is 1.29 bits per heavy atom. The molecule has 0 aliphatic carbocycles. The molecule has 0 bridgehead atoms. The largest absolute Gasteiger partial charge is 0.395 e. The van der Waals surface area contributed by atoms with E-state index in [4.69, 9.17) is 5.11 Å². The average Bonchev–Trinajstić information content (AvgIpc) is 2.48. The van der Waals surface area contributed by atoms with Gasteiger partial charge in [0.05, 0.1) is 6.61 Å². The molecule has 3 nitrogen and oxygen atoms in total. The van der Waals surface area contributed by atoms with E-state index < -0.39 is 0 Å². The Labute approximate surface area is 128 Å². The van der Waals surface area contributed by atoms with Crippen LogP contribution in [0.5, 0.6) is 0 Å². The van der Waals surface area contributed by atoms with Gasteiger partial charge in [-0.3, -0.25) is 4.90 Å². The number of piperidine rings is 1. The molecule has 1 N–H and O–H groups in total. The molecule has 1 fully saturated rings. The maximum absolute atomic E-state index is 8.76. The molecule has 0 saturated carbocycles.